The summed E-state index contributed by atoms with van der Waals surface area (Å²) >= 11 is 0. The van der Waals surface area contributed by atoms with Gasteiger partial charge in [-0.25, -0.2) is 0 Å². The molecule has 94 valence electrons. The fourth-order valence-electron chi connectivity index (χ4n) is 2.25. The van der Waals surface area contributed by atoms with Gasteiger partial charge < -0.3 is 5.32 Å². The van der Waals surface area contributed by atoms with Crippen LogP contribution >= 0.6 is 0 Å². The Hall–Kier alpha value is -1.82. The van der Waals surface area contributed by atoms with Gasteiger partial charge in [0, 0.05) is 12.6 Å². The predicted octanol–water partition coefficient (Wildman–Crippen LogP) is 0.599. The van der Waals surface area contributed by atoms with Gasteiger partial charge in [-0.3, -0.25) is 4.98 Å². The van der Waals surface area contributed by atoms with Crippen LogP contribution in [0.2, 0.25) is 0 Å². The van der Waals surface area contributed by atoms with Crippen LogP contribution in [-0.4, -0.2) is 38.3 Å². The summed E-state index contributed by atoms with van der Waals surface area (Å²) in [5, 5.41) is 16.0. The van der Waals surface area contributed by atoms with E-state index in [1.807, 2.05) is 12.1 Å². The van der Waals surface area contributed by atoms with E-state index in [0.29, 0.717) is 5.92 Å². The van der Waals surface area contributed by atoms with E-state index in [2.05, 4.69) is 25.7 Å². The zero-order chi connectivity index (χ0) is 12.2. The van der Waals surface area contributed by atoms with Gasteiger partial charge in [0.2, 0.25) is 0 Å². The van der Waals surface area contributed by atoms with Gasteiger partial charge in [-0.1, -0.05) is 0 Å². The second kappa shape index (κ2) is 5.22. The SMILES string of the molecule is c1cncc(-n2nnc(CC3CCNCC3)n2)c1. The topological polar surface area (TPSA) is 68.5 Å². The zero-order valence-corrected chi connectivity index (χ0v) is 10.2. The maximum absolute atomic E-state index is 4.41. The van der Waals surface area contributed by atoms with Crippen molar-refractivity contribution in [2.45, 2.75) is 19.3 Å². The van der Waals surface area contributed by atoms with Gasteiger partial charge in [0.25, 0.3) is 0 Å². The number of hydrogen-bond donors (Lipinski definition) is 1. The summed E-state index contributed by atoms with van der Waals surface area (Å²) in [6.45, 7) is 2.20. The molecule has 18 heavy (non-hydrogen) atoms. The molecule has 0 spiro atoms. The van der Waals surface area contributed by atoms with Crippen molar-refractivity contribution in [3.8, 4) is 5.69 Å². The predicted molar refractivity (Wildman–Crippen MR) is 66.2 cm³/mol. The van der Waals surface area contributed by atoms with E-state index in [9.17, 15) is 0 Å². The molecular formula is C12H16N6. The maximum atomic E-state index is 4.41. The van der Waals surface area contributed by atoms with E-state index >= 15 is 0 Å². The molecule has 0 aliphatic carbocycles. The third-order valence-corrected chi connectivity index (χ3v) is 3.26. The molecule has 0 atom stereocenters. The van der Waals surface area contributed by atoms with E-state index in [1.54, 1.807) is 17.2 Å². The summed E-state index contributed by atoms with van der Waals surface area (Å²) in [5.74, 6) is 1.50. The molecule has 0 amide bonds. The minimum atomic E-state index is 0.679. The van der Waals surface area contributed by atoms with Crippen molar-refractivity contribution >= 4 is 0 Å². The van der Waals surface area contributed by atoms with E-state index in [4.69, 9.17) is 0 Å². The van der Waals surface area contributed by atoms with Crippen LogP contribution in [0.15, 0.2) is 24.5 Å². The van der Waals surface area contributed by atoms with Gasteiger partial charge in [0.1, 0.15) is 5.69 Å². The van der Waals surface area contributed by atoms with E-state index in [0.717, 1.165) is 31.0 Å². The molecule has 2 aromatic rings. The van der Waals surface area contributed by atoms with Gasteiger partial charge in [-0.15, -0.1) is 15.0 Å². The average Bonchev–Trinajstić information content (AvgIpc) is 2.89. The molecule has 1 fully saturated rings. The summed E-state index contributed by atoms with van der Waals surface area (Å²) in [5.41, 5.74) is 0.849. The molecule has 6 heteroatoms. The molecule has 2 aromatic heterocycles. The number of tetrazole rings is 1. The third-order valence-electron chi connectivity index (χ3n) is 3.26. The molecule has 6 nitrogen and oxygen atoms in total. The summed E-state index contributed by atoms with van der Waals surface area (Å²) in [7, 11) is 0. The highest BCUT2D eigenvalue weighted by atomic mass is 15.6. The molecule has 0 bridgehead atoms. The number of rotatable bonds is 3. The molecule has 1 aliphatic heterocycles. The van der Waals surface area contributed by atoms with Crippen LogP contribution in [0.5, 0.6) is 0 Å². The highest BCUT2D eigenvalue weighted by Crippen LogP contribution is 2.15. The lowest BCUT2D eigenvalue weighted by atomic mass is 9.94. The van der Waals surface area contributed by atoms with Crippen molar-refractivity contribution in [2.24, 2.45) is 5.92 Å². The molecule has 0 unspecified atom stereocenters. The zero-order valence-electron chi connectivity index (χ0n) is 10.2. The van der Waals surface area contributed by atoms with Crippen molar-refractivity contribution < 1.29 is 0 Å². The number of nitrogens with zero attached hydrogens (tertiary/aromatic N) is 5. The van der Waals surface area contributed by atoms with E-state index < -0.39 is 0 Å². The van der Waals surface area contributed by atoms with Crippen LogP contribution in [0.3, 0.4) is 0 Å². The molecule has 0 aromatic carbocycles. The largest absolute Gasteiger partial charge is 0.317 e. The summed E-state index contributed by atoms with van der Waals surface area (Å²) in [6.07, 6.45) is 6.77. The highest BCUT2D eigenvalue weighted by Gasteiger charge is 2.16. The smallest absolute Gasteiger partial charge is 0.175 e. The molecule has 3 heterocycles. The maximum Gasteiger partial charge on any atom is 0.175 e. The lowest BCUT2D eigenvalue weighted by molar-refractivity contribution is 0.367. The average molecular weight is 244 g/mol. The Morgan fingerprint density at radius 1 is 1.33 bits per heavy atom. The van der Waals surface area contributed by atoms with Crippen molar-refractivity contribution in [3.05, 3.63) is 30.4 Å². The van der Waals surface area contributed by atoms with Gasteiger partial charge in [0.05, 0.1) is 6.20 Å². The quantitative estimate of drug-likeness (QED) is 0.856. The first-order valence-corrected chi connectivity index (χ1v) is 6.32. The number of hydrogen-bond acceptors (Lipinski definition) is 5. The Bertz CT molecular complexity index is 488. The molecule has 0 saturated carbocycles. The fraction of sp³-hybridized carbons (Fsp3) is 0.500. The van der Waals surface area contributed by atoms with Crippen LogP contribution in [0.4, 0.5) is 0 Å². The molecule has 3 rings (SSSR count). The minimum Gasteiger partial charge on any atom is -0.317 e. The van der Waals surface area contributed by atoms with Crippen molar-refractivity contribution in [3.63, 3.8) is 0 Å². The Kier molecular flexibility index (Phi) is 3.27. The van der Waals surface area contributed by atoms with E-state index in [-0.39, 0.29) is 0 Å². The van der Waals surface area contributed by atoms with Crippen LogP contribution in [0.1, 0.15) is 18.7 Å². The molecular weight excluding hydrogens is 228 g/mol. The van der Waals surface area contributed by atoms with Crippen LogP contribution < -0.4 is 5.32 Å². The van der Waals surface area contributed by atoms with Crippen LogP contribution in [0.25, 0.3) is 5.69 Å². The first-order valence-electron chi connectivity index (χ1n) is 6.32. The van der Waals surface area contributed by atoms with Gasteiger partial charge in [-0.05, 0) is 49.2 Å². The third kappa shape index (κ3) is 2.53. The minimum absolute atomic E-state index is 0.679. The molecule has 1 saturated heterocycles. The van der Waals surface area contributed by atoms with Gasteiger partial charge in [0.15, 0.2) is 5.82 Å². The Morgan fingerprint density at radius 3 is 3.00 bits per heavy atom. The van der Waals surface area contributed by atoms with Crippen molar-refractivity contribution in [1.82, 2.24) is 30.5 Å². The summed E-state index contributed by atoms with van der Waals surface area (Å²) < 4.78 is 0. The number of piperidine rings is 1. The normalized spacial score (nSPS) is 16.9. The molecule has 1 aliphatic rings. The number of aromatic nitrogens is 5. The standard InChI is InChI=1S/C12H16N6/c1-2-11(9-14-5-1)18-16-12(15-17-18)8-10-3-6-13-7-4-10/h1-2,5,9-10,13H,3-4,6-8H2. The fourth-order valence-corrected chi connectivity index (χ4v) is 2.25. The Balaban J connectivity index is 1.69. The number of nitrogens with one attached hydrogen (secondary N) is 1. The molecule has 0 radical (unpaired) electrons. The van der Waals surface area contributed by atoms with Crippen molar-refractivity contribution in [1.29, 1.82) is 0 Å². The van der Waals surface area contributed by atoms with Crippen LogP contribution in [-0.2, 0) is 6.42 Å². The van der Waals surface area contributed by atoms with Gasteiger partial charge in [-0.2, -0.15) is 0 Å². The first kappa shape index (κ1) is 11.3. The highest BCUT2D eigenvalue weighted by molar-refractivity contribution is 5.23. The second-order valence-electron chi connectivity index (χ2n) is 4.60. The van der Waals surface area contributed by atoms with E-state index in [1.165, 1.54) is 12.8 Å². The lowest BCUT2D eigenvalue weighted by Crippen LogP contribution is -2.28. The van der Waals surface area contributed by atoms with Crippen molar-refractivity contribution in [2.75, 3.05) is 13.1 Å². The monoisotopic (exact) mass is 244 g/mol. The van der Waals surface area contributed by atoms with Crippen LogP contribution in [0, 0.1) is 5.92 Å². The summed E-state index contributed by atoms with van der Waals surface area (Å²) in [6, 6.07) is 3.79. The summed E-state index contributed by atoms with van der Waals surface area (Å²) in [4.78, 5) is 5.59. The molecule has 1 N–H and O–H groups in total. The second-order valence-corrected chi connectivity index (χ2v) is 4.60. The Morgan fingerprint density at radius 2 is 2.22 bits per heavy atom. The lowest BCUT2D eigenvalue weighted by Gasteiger charge is -2.20. The number of pyridine rings is 1. The first-order chi connectivity index (χ1) is 8.92. The Labute approximate surface area is 105 Å². The van der Waals surface area contributed by atoms with Gasteiger partial charge >= 0.3 is 0 Å².